The van der Waals surface area contributed by atoms with Crippen LogP contribution in [0.3, 0.4) is 0 Å². The van der Waals surface area contributed by atoms with Gasteiger partial charge in [-0.25, -0.2) is 0 Å². The van der Waals surface area contributed by atoms with E-state index in [-0.39, 0.29) is 5.97 Å². The summed E-state index contributed by atoms with van der Waals surface area (Å²) < 4.78 is 5.38. The molecule has 4 atom stereocenters. The molecule has 2 aliphatic rings. The second-order valence-electron chi connectivity index (χ2n) is 6.97. The van der Waals surface area contributed by atoms with Gasteiger partial charge in [0, 0.05) is 18.6 Å². The van der Waals surface area contributed by atoms with Crippen molar-refractivity contribution >= 4 is 5.97 Å². The molecule has 1 N–H and O–H groups in total. The van der Waals surface area contributed by atoms with Crippen LogP contribution in [0.5, 0.6) is 0 Å². The predicted molar refractivity (Wildman–Crippen MR) is 85.2 cm³/mol. The van der Waals surface area contributed by atoms with Crippen molar-refractivity contribution in [3.05, 3.63) is 0 Å². The van der Waals surface area contributed by atoms with Gasteiger partial charge in [0.05, 0.1) is 6.61 Å². The summed E-state index contributed by atoms with van der Waals surface area (Å²) in [5, 5.41) is 3.46. The highest BCUT2D eigenvalue weighted by Crippen LogP contribution is 2.36. The number of hydrogen-bond acceptors (Lipinski definition) is 4. The molecule has 0 amide bonds. The smallest absolute Gasteiger partial charge is 0.326 e. The van der Waals surface area contributed by atoms with Gasteiger partial charge in [0.25, 0.3) is 0 Å². The summed E-state index contributed by atoms with van der Waals surface area (Å²) in [5.41, 5.74) is -0.459. The van der Waals surface area contributed by atoms with Gasteiger partial charge in [-0.05, 0) is 58.4 Å². The quantitative estimate of drug-likeness (QED) is 0.792. The van der Waals surface area contributed by atoms with E-state index >= 15 is 0 Å². The molecule has 2 rings (SSSR count). The summed E-state index contributed by atoms with van der Waals surface area (Å²) in [7, 11) is 0. The molecule has 1 heterocycles. The summed E-state index contributed by atoms with van der Waals surface area (Å²) in [5.74, 6) is 0.731. The van der Waals surface area contributed by atoms with Crippen LogP contribution in [0.25, 0.3) is 0 Å². The van der Waals surface area contributed by atoms with Gasteiger partial charge in [0.2, 0.25) is 0 Å². The van der Waals surface area contributed by atoms with E-state index < -0.39 is 5.54 Å². The van der Waals surface area contributed by atoms with Gasteiger partial charge < -0.3 is 10.1 Å². The molecule has 0 aromatic carbocycles. The van der Waals surface area contributed by atoms with Gasteiger partial charge in [-0.15, -0.1) is 0 Å². The zero-order valence-electron chi connectivity index (χ0n) is 14.2. The summed E-state index contributed by atoms with van der Waals surface area (Å²) >= 11 is 0. The first-order valence-corrected chi connectivity index (χ1v) is 8.70. The first kappa shape index (κ1) is 16.8. The van der Waals surface area contributed by atoms with E-state index in [0.717, 1.165) is 31.7 Å². The topological polar surface area (TPSA) is 41.6 Å². The number of hydrogen-bond donors (Lipinski definition) is 1. The zero-order chi connectivity index (χ0) is 15.5. The molecule has 0 radical (unpaired) electrons. The standard InChI is InChI=1S/C17H32N2O2/c1-5-18-17(16(20)21-6-2)9-7-8-15(11-17)19-12-13(3)10-14(19)4/h13-15,18H,5-12H2,1-4H3. The van der Waals surface area contributed by atoms with E-state index in [2.05, 4.69) is 31.0 Å². The van der Waals surface area contributed by atoms with Crippen molar-refractivity contribution in [2.45, 2.75) is 77.4 Å². The van der Waals surface area contributed by atoms with Gasteiger partial charge in [-0.1, -0.05) is 13.8 Å². The average Bonchev–Trinajstić information content (AvgIpc) is 2.78. The molecular formula is C17H32N2O2. The lowest BCUT2D eigenvalue weighted by Crippen LogP contribution is -2.59. The Balaban J connectivity index is 2.11. The van der Waals surface area contributed by atoms with Crippen molar-refractivity contribution in [3.8, 4) is 0 Å². The Morgan fingerprint density at radius 2 is 2.14 bits per heavy atom. The van der Waals surface area contributed by atoms with Crippen LogP contribution < -0.4 is 5.32 Å². The monoisotopic (exact) mass is 296 g/mol. The fraction of sp³-hybridized carbons (Fsp3) is 0.941. The van der Waals surface area contributed by atoms with Crippen LogP contribution in [0.2, 0.25) is 0 Å². The van der Waals surface area contributed by atoms with Crippen molar-refractivity contribution in [3.63, 3.8) is 0 Å². The molecule has 1 saturated heterocycles. The average molecular weight is 296 g/mol. The SMILES string of the molecule is CCNC1(C(=O)OCC)CCCC(N2CC(C)CC2C)C1. The molecule has 0 bridgehead atoms. The van der Waals surface area contributed by atoms with Crippen molar-refractivity contribution < 1.29 is 9.53 Å². The zero-order valence-corrected chi connectivity index (χ0v) is 14.2. The van der Waals surface area contributed by atoms with Gasteiger partial charge in [0.1, 0.15) is 5.54 Å². The summed E-state index contributed by atoms with van der Waals surface area (Å²) in [6, 6.07) is 1.16. The fourth-order valence-corrected chi connectivity index (χ4v) is 4.40. The fourth-order valence-electron chi connectivity index (χ4n) is 4.40. The Morgan fingerprint density at radius 3 is 2.71 bits per heavy atom. The lowest BCUT2D eigenvalue weighted by Gasteiger charge is -2.43. The minimum Gasteiger partial charge on any atom is -0.465 e. The minimum absolute atomic E-state index is 0.0450. The number of rotatable bonds is 5. The molecule has 0 spiro atoms. The Kier molecular flexibility index (Phi) is 5.67. The molecule has 0 aromatic rings. The second-order valence-corrected chi connectivity index (χ2v) is 6.97. The third-order valence-electron chi connectivity index (χ3n) is 5.21. The van der Waals surface area contributed by atoms with Crippen molar-refractivity contribution in [1.29, 1.82) is 0 Å². The Hall–Kier alpha value is -0.610. The van der Waals surface area contributed by atoms with Crippen molar-refractivity contribution in [2.75, 3.05) is 19.7 Å². The van der Waals surface area contributed by atoms with Crippen LogP contribution in [0.15, 0.2) is 0 Å². The summed E-state index contributed by atoms with van der Waals surface area (Å²) in [6.45, 7) is 11.1. The molecule has 1 aliphatic heterocycles. The maximum Gasteiger partial charge on any atom is 0.326 e. The van der Waals surface area contributed by atoms with Crippen molar-refractivity contribution in [2.24, 2.45) is 5.92 Å². The van der Waals surface area contributed by atoms with Gasteiger partial charge >= 0.3 is 5.97 Å². The summed E-state index contributed by atoms with van der Waals surface area (Å²) in [6.07, 6.45) is 5.41. The lowest BCUT2D eigenvalue weighted by atomic mass is 9.78. The van der Waals surface area contributed by atoms with Crippen LogP contribution in [0.1, 0.15) is 59.8 Å². The highest BCUT2D eigenvalue weighted by Gasteiger charge is 2.46. The number of likely N-dealkylation sites (tertiary alicyclic amines) is 1. The highest BCUT2D eigenvalue weighted by atomic mass is 16.5. The number of esters is 1. The number of carbonyl (C=O) groups is 1. The van der Waals surface area contributed by atoms with Crippen LogP contribution in [0, 0.1) is 5.92 Å². The van der Waals surface area contributed by atoms with E-state index in [1.165, 1.54) is 19.4 Å². The van der Waals surface area contributed by atoms with Crippen LogP contribution in [-0.4, -0.2) is 48.2 Å². The third kappa shape index (κ3) is 3.59. The minimum atomic E-state index is -0.459. The van der Waals surface area contributed by atoms with Crippen LogP contribution in [0.4, 0.5) is 0 Å². The Morgan fingerprint density at radius 1 is 1.38 bits per heavy atom. The van der Waals surface area contributed by atoms with E-state index in [4.69, 9.17) is 4.74 Å². The number of carbonyl (C=O) groups excluding carboxylic acids is 1. The molecule has 1 aliphatic carbocycles. The van der Waals surface area contributed by atoms with Gasteiger partial charge in [-0.2, -0.15) is 0 Å². The normalized spacial score (nSPS) is 37.6. The largest absolute Gasteiger partial charge is 0.465 e. The number of nitrogens with one attached hydrogen (secondary N) is 1. The Labute approximate surface area is 129 Å². The first-order valence-electron chi connectivity index (χ1n) is 8.70. The van der Waals surface area contributed by atoms with Gasteiger partial charge in [-0.3, -0.25) is 9.69 Å². The highest BCUT2D eigenvalue weighted by molar-refractivity contribution is 5.81. The maximum absolute atomic E-state index is 12.5. The van der Waals surface area contributed by atoms with E-state index in [1.807, 2.05) is 6.92 Å². The van der Waals surface area contributed by atoms with Crippen LogP contribution >= 0.6 is 0 Å². The van der Waals surface area contributed by atoms with E-state index in [1.54, 1.807) is 0 Å². The third-order valence-corrected chi connectivity index (χ3v) is 5.21. The van der Waals surface area contributed by atoms with E-state index in [9.17, 15) is 4.79 Å². The molecule has 21 heavy (non-hydrogen) atoms. The second kappa shape index (κ2) is 7.10. The summed E-state index contributed by atoms with van der Waals surface area (Å²) in [4.78, 5) is 15.1. The predicted octanol–water partition coefficient (Wildman–Crippen LogP) is 2.57. The van der Waals surface area contributed by atoms with Crippen molar-refractivity contribution in [1.82, 2.24) is 10.2 Å². The Bertz CT molecular complexity index is 357. The van der Waals surface area contributed by atoms with Crippen LogP contribution in [-0.2, 0) is 9.53 Å². The molecule has 0 aromatic heterocycles. The lowest BCUT2D eigenvalue weighted by molar-refractivity contribution is -0.154. The number of likely N-dealkylation sites (N-methyl/N-ethyl adjacent to an activating group) is 1. The molecule has 1 saturated carbocycles. The molecular weight excluding hydrogens is 264 g/mol. The molecule has 4 nitrogen and oxygen atoms in total. The molecule has 2 fully saturated rings. The molecule has 4 unspecified atom stereocenters. The maximum atomic E-state index is 12.5. The van der Waals surface area contributed by atoms with E-state index in [0.29, 0.717) is 18.7 Å². The number of ether oxygens (including phenoxy) is 1. The molecule has 122 valence electrons. The van der Waals surface area contributed by atoms with Gasteiger partial charge in [0.15, 0.2) is 0 Å². The molecule has 4 heteroatoms. The number of nitrogens with zero attached hydrogens (tertiary/aromatic N) is 1. The first-order chi connectivity index (χ1) is 10.0.